The number of rotatable bonds is 3. The predicted octanol–water partition coefficient (Wildman–Crippen LogP) is 1.32. The Morgan fingerprint density at radius 2 is 2.20 bits per heavy atom. The summed E-state index contributed by atoms with van der Waals surface area (Å²) in [7, 11) is 0. The highest BCUT2D eigenvalue weighted by molar-refractivity contribution is 5.64. The van der Waals surface area contributed by atoms with Crippen LogP contribution < -0.4 is 0 Å². The molecule has 0 heterocycles. The maximum atomic E-state index is 9.32. The summed E-state index contributed by atoms with van der Waals surface area (Å²) >= 11 is 0. The van der Waals surface area contributed by atoms with Crippen LogP contribution in [-0.2, 0) is 4.79 Å². The summed E-state index contributed by atoms with van der Waals surface area (Å²) in [6.07, 6.45) is 6.27. The number of aldehydes is 1. The van der Waals surface area contributed by atoms with Crippen LogP contribution in [0.15, 0.2) is 24.8 Å². The van der Waals surface area contributed by atoms with E-state index in [-0.39, 0.29) is 6.61 Å². The molecule has 1 N–H and O–H groups in total. The number of allylic oxidation sites excluding steroid dienone is 2. The van der Waals surface area contributed by atoms with Crippen LogP contribution in [0.1, 0.15) is 13.3 Å². The Labute approximate surface area is 61.9 Å². The molecule has 0 spiro atoms. The van der Waals surface area contributed by atoms with Gasteiger partial charge in [0.1, 0.15) is 6.29 Å². The summed E-state index contributed by atoms with van der Waals surface area (Å²) < 4.78 is 0. The Morgan fingerprint density at radius 3 is 2.20 bits per heavy atom. The summed E-state index contributed by atoms with van der Waals surface area (Å²) in [4.78, 5) is 9.32. The van der Waals surface area contributed by atoms with Gasteiger partial charge in [-0.25, -0.2) is 0 Å². The van der Waals surface area contributed by atoms with Crippen LogP contribution in [0.5, 0.6) is 0 Å². The molecule has 0 saturated heterocycles. The van der Waals surface area contributed by atoms with Crippen molar-refractivity contribution in [2.45, 2.75) is 13.3 Å². The number of aliphatic hydroxyl groups is 1. The van der Waals surface area contributed by atoms with Gasteiger partial charge in [-0.05, 0) is 19.4 Å². The molecule has 0 unspecified atom stereocenters. The van der Waals surface area contributed by atoms with Crippen molar-refractivity contribution in [1.29, 1.82) is 0 Å². The second-order valence-electron chi connectivity index (χ2n) is 1.46. The first kappa shape index (κ1) is 11.9. The molecule has 58 valence electrons. The highest BCUT2D eigenvalue weighted by Gasteiger charge is 1.62. The summed E-state index contributed by atoms with van der Waals surface area (Å²) in [6, 6.07) is 0. The van der Waals surface area contributed by atoms with Crippen molar-refractivity contribution in [2.24, 2.45) is 0 Å². The van der Waals surface area contributed by atoms with E-state index in [9.17, 15) is 4.79 Å². The van der Waals surface area contributed by atoms with Crippen LogP contribution in [0.25, 0.3) is 0 Å². The fourth-order valence-electron chi connectivity index (χ4n) is 0.170. The van der Waals surface area contributed by atoms with E-state index in [4.69, 9.17) is 5.11 Å². The Hall–Kier alpha value is -0.890. The molecule has 0 aromatic carbocycles. The normalized spacial score (nSPS) is 8.20. The van der Waals surface area contributed by atoms with E-state index in [0.717, 1.165) is 6.29 Å². The van der Waals surface area contributed by atoms with Gasteiger partial charge in [0.25, 0.3) is 0 Å². The Kier molecular flexibility index (Phi) is 18.6. The molecule has 0 aromatic heterocycles. The summed E-state index contributed by atoms with van der Waals surface area (Å²) in [5.74, 6) is 0. The summed E-state index contributed by atoms with van der Waals surface area (Å²) in [5, 5.41) is 8.00. The van der Waals surface area contributed by atoms with Crippen molar-refractivity contribution in [3.8, 4) is 0 Å². The molecule has 0 amide bonds. The van der Waals surface area contributed by atoms with E-state index in [1.54, 1.807) is 19.1 Å². The SMILES string of the molecule is C=CCCO.CC=CC=O. The average Bonchev–Trinajstić information content (AvgIpc) is 1.93. The van der Waals surface area contributed by atoms with Crippen LogP contribution in [0, 0.1) is 0 Å². The lowest BCUT2D eigenvalue weighted by molar-refractivity contribution is -0.104. The van der Waals surface area contributed by atoms with Gasteiger partial charge < -0.3 is 5.11 Å². The first-order valence-electron chi connectivity index (χ1n) is 3.11. The molecule has 2 nitrogen and oxygen atoms in total. The van der Waals surface area contributed by atoms with Gasteiger partial charge in [0.15, 0.2) is 0 Å². The zero-order valence-corrected chi connectivity index (χ0v) is 6.29. The van der Waals surface area contributed by atoms with Gasteiger partial charge in [0, 0.05) is 6.61 Å². The van der Waals surface area contributed by atoms with Crippen molar-refractivity contribution in [3.05, 3.63) is 24.8 Å². The zero-order valence-electron chi connectivity index (χ0n) is 6.29. The second kappa shape index (κ2) is 15.7. The number of hydrogen-bond donors (Lipinski definition) is 1. The minimum atomic E-state index is 0.226. The quantitative estimate of drug-likeness (QED) is 0.366. The van der Waals surface area contributed by atoms with Crippen molar-refractivity contribution < 1.29 is 9.90 Å². The largest absolute Gasteiger partial charge is 0.396 e. The van der Waals surface area contributed by atoms with Crippen molar-refractivity contribution in [3.63, 3.8) is 0 Å². The molecule has 0 radical (unpaired) electrons. The molecule has 0 aliphatic carbocycles. The molecule has 0 saturated carbocycles. The third-order valence-corrected chi connectivity index (χ3v) is 0.604. The van der Waals surface area contributed by atoms with Crippen molar-refractivity contribution >= 4 is 6.29 Å². The molecule has 0 fully saturated rings. The van der Waals surface area contributed by atoms with Gasteiger partial charge >= 0.3 is 0 Å². The van der Waals surface area contributed by atoms with Gasteiger partial charge in [0.2, 0.25) is 0 Å². The zero-order chi connectivity index (χ0) is 8.24. The smallest absolute Gasteiger partial charge is 0.142 e. The third kappa shape index (κ3) is 27.4. The standard InChI is InChI=1S/C4H8O.C4H6O/c2*1-2-3-4-5/h2,5H,1,3-4H2;2-4H,1H3. The topological polar surface area (TPSA) is 37.3 Å². The highest BCUT2D eigenvalue weighted by atomic mass is 16.2. The minimum Gasteiger partial charge on any atom is -0.396 e. The lowest BCUT2D eigenvalue weighted by Gasteiger charge is -1.73. The van der Waals surface area contributed by atoms with E-state index in [1.807, 2.05) is 0 Å². The number of carbonyl (C=O) groups is 1. The molecule has 0 aliphatic heterocycles. The molecule has 0 rings (SSSR count). The van der Waals surface area contributed by atoms with Gasteiger partial charge in [-0.2, -0.15) is 0 Å². The number of hydrogen-bond acceptors (Lipinski definition) is 2. The fourth-order valence-corrected chi connectivity index (χ4v) is 0.170. The van der Waals surface area contributed by atoms with Crippen LogP contribution in [0.2, 0.25) is 0 Å². The Balaban J connectivity index is 0. The molecule has 0 atom stereocenters. The van der Waals surface area contributed by atoms with Crippen LogP contribution in [-0.4, -0.2) is 18.0 Å². The van der Waals surface area contributed by atoms with Crippen LogP contribution >= 0.6 is 0 Å². The van der Waals surface area contributed by atoms with Crippen LogP contribution in [0.3, 0.4) is 0 Å². The molecule has 0 aromatic rings. The van der Waals surface area contributed by atoms with E-state index in [2.05, 4.69) is 6.58 Å². The van der Waals surface area contributed by atoms with Crippen LogP contribution in [0.4, 0.5) is 0 Å². The van der Waals surface area contributed by atoms with Gasteiger partial charge in [0.05, 0.1) is 0 Å². The van der Waals surface area contributed by atoms with E-state index >= 15 is 0 Å². The molecular formula is C8H14O2. The Morgan fingerprint density at radius 1 is 1.60 bits per heavy atom. The van der Waals surface area contributed by atoms with Crippen molar-refractivity contribution in [1.82, 2.24) is 0 Å². The Bertz CT molecular complexity index is 95.4. The van der Waals surface area contributed by atoms with Gasteiger partial charge in [-0.1, -0.05) is 12.2 Å². The molecule has 0 bridgehead atoms. The van der Waals surface area contributed by atoms with E-state index in [0.29, 0.717) is 6.42 Å². The van der Waals surface area contributed by atoms with Gasteiger partial charge in [-0.3, -0.25) is 4.79 Å². The molecular weight excluding hydrogens is 128 g/mol. The lowest BCUT2D eigenvalue weighted by Crippen LogP contribution is -1.71. The monoisotopic (exact) mass is 142 g/mol. The molecule has 10 heavy (non-hydrogen) atoms. The summed E-state index contributed by atoms with van der Waals surface area (Å²) in [6.45, 7) is 5.42. The first-order chi connectivity index (χ1) is 4.83. The first-order valence-corrected chi connectivity index (χ1v) is 3.11. The highest BCUT2D eigenvalue weighted by Crippen LogP contribution is 1.69. The molecule has 0 aliphatic rings. The predicted molar refractivity (Wildman–Crippen MR) is 42.8 cm³/mol. The maximum absolute atomic E-state index is 9.32. The second-order valence-corrected chi connectivity index (χ2v) is 1.46. The average molecular weight is 142 g/mol. The third-order valence-electron chi connectivity index (χ3n) is 0.604. The summed E-state index contributed by atoms with van der Waals surface area (Å²) in [5.41, 5.74) is 0. The number of carbonyl (C=O) groups excluding carboxylic acids is 1. The van der Waals surface area contributed by atoms with E-state index in [1.165, 1.54) is 6.08 Å². The van der Waals surface area contributed by atoms with Crippen molar-refractivity contribution in [2.75, 3.05) is 6.61 Å². The number of aliphatic hydroxyl groups excluding tert-OH is 1. The van der Waals surface area contributed by atoms with Gasteiger partial charge in [-0.15, -0.1) is 6.58 Å². The maximum Gasteiger partial charge on any atom is 0.142 e. The minimum absolute atomic E-state index is 0.226. The lowest BCUT2D eigenvalue weighted by atomic mass is 10.5. The fraction of sp³-hybridized carbons (Fsp3) is 0.375. The van der Waals surface area contributed by atoms with E-state index < -0.39 is 0 Å². The molecule has 2 heteroatoms.